The molecule has 0 radical (unpaired) electrons. The Morgan fingerprint density at radius 1 is 0.769 bits per heavy atom. The first-order valence-electron chi connectivity index (χ1n) is 18.3. The van der Waals surface area contributed by atoms with Crippen LogP contribution in [0.15, 0.2) is 97.1 Å². The highest BCUT2D eigenvalue weighted by Crippen LogP contribution is 2.39. The van der Waals surface area contributed by atoms with Crippen molar-refractivity contribution in [2.75, 3.05) is 43.9 Å². The summed E-state index contributed by atoms with van der Waals surface area (Å²) in [7, 11) is 0. The zero-order valence-corrected chi connectivity index (χ0v) is 29.7. The Morgan fingerprint density at radius 3 is 2.27 bits per heavy atom. The van der Waals surface area contributed by atoms with Crippen LogP contribution in [-0.2, 0) is 37.0 Å². The number of anilines is 2. The summed E-state index contributed by atoms with van der Waals surface area (Å²) in [5.74, 6) is -0.0819. The molecule has 6 rings (SSSR count). The minimum absolute atomic E-state index is 0.00676. The van der Waals surface area contributed by atoms with Gasteiger partial charge in [-0.05, 0) is 64.9 Å². The third-order valence-electron chi connectivity index (χ3n) is 9.63. The smallest absolute Gasteiger partial charge is 0.224 e. The molecule has 0 bridgehead atoms. The monoisotopic (exact) mass is 706 g/mol. The van der Waals surface area contributed by atoms with Crippen molar-refractivity contribution in [3.05, 3.63) is 119 Å². The number of nitrogens with one attached hydrogen (secondary N) is 2. The molecule has 0 unspecified atom stereocenters. The maximum Gasteiger partial charge on any atom is 0.224 e. The molecule has 10 heteroatoms. The first-order chi connectivity index (χ1) is 25.4. The van der Waals surface area contributed by atoms with Gasteiger partial charge in [-0.2, -0.15) is 0 Å². The van der Waals surface area contributed by atoms with Gasteiger partial charge in [-0.15, -0.1) is 0 Å². The van der Waals surface area contributed by atoms with Crippen LogP contribution in [0.25, 0.3) is 11.1 Å². The van der Waals surface area contributed by atoms with Gasteiger partial charge in [0.15, 0.2) is 6.29 Å². The fourth-order valence-electron chi connectivity index (χ4n) is 6.69. The van der Waals surface area contributed by atoms with E-state index in [0.717, 1.165) is 79.1 Å². The van der Waals surface area contributed by atoms with Crippen molar-refractivity contribution < 1.29 is 28.9 Å². The lowest BCUT2D eigenvalue weighted by Crippen LogP contribution is -2.44. The predicted molar refractivity (Wildman–Crippen MR) is 202 cm³/mol. The Morgan fingerprint density at radius 2 is 1.50 bits per heavy atom. The minimum atomic E-state index is -0.540. The molecular weight excluding hydrogens is 656 g/mol. The third kappa shape index (κ3) is 10.7. The number of hydrogen-bond donors (Lipinski definition) is 4. The number of aliphatic hydroxyl groups is 1. The van der Waals surface area contributed by atoms with Crippen LogP contribution in [0.5, 0.6) is 0 Å². The molecule has 2 amide bonds. The molecule has 0 aromatic heterocycles. The van der Waals surface area contributed by atoms with Gasteiger partial charge in [-0.3, -0.25) is 14.5 Å². The van der Waals surface area contributed by atoms with Gasteiger partial charge in [0.2, 0.25) is 11.8 Å². The maximum absolute atomic E-state index is 12.6. The number of nitrogens with zero attached hydrogens (tertiary/aromatic N) is 1. The van der Waals surface area contributed by atoms with Gasteiger partial charge in [-0.25, -0.2) is 0 Å². The van der Waals surface area contributed by atoms with Crippen LogP contribution in [-0.4, -0.2) is 60.8 Å². The first-order valence-corrected chi connectivity index (χ1v) is 18.3. The number of benzene rings is 4. The van der Waals surface area contributed by atoms with Crippen molar-refractivity contribution in [2.45, 2.75) is 70.2 Å². The van der Waals surface area contributed by atoms with Crippen LogP contribution in [0.3, 0.4) is 0 Å². The summed E-state index contributed by atoms with van der Waals surface area (Å²) in [5, 5.41) is 15.4. The first kappa shape index (κ1) is 37.2. The largest absolute Gasteiger partial charge is 0.397 e. The van der Waals surface area contributed by atoms with Crippen molar-refractivity contribution in [3.8, 4) is 11.1 Å². The van der Waals surface area contributed by atoms with Crippen molar-refractivity contribution in [1.82, 2.24) is 10.2 Å². The number of morpholine rings is 1. The van der Waals surface area contributed by atoms with Gasteiger partial charge >= 0.3 is 0 Å². The van der Waals surface area contributed by atoms with E-state index in [1.165, 1.54) is 0 Å². The van der Waals surface area contributed by atoms with E-state index >= 15 is 0 Å². The number of aliphatic hydroxyl groups excluding tert-OH is 1. The lowest BCUT2D eigenvalue weighted by molar-refractivity contribution is -0.253. The molecule has 0 aliphatic carbocycles. The number of nitrogen functional groups attached to an aromatic ring is 1. The average molecular weight is 707 g/mol. The Balaban J connectivity index is 1.02. The summed E-state index contributed by atoms with van der Waals surface area (Å²) in [4.78, 5) is 27.3. The minimum Gasteiger partial charge on any atom is -0.397 e. The molecule has 0 spiro atoms. The maximum atomic E-state index is 12.6. The zero-order chi connectivity index (χ0) is 36.1. The summed E-state index contributed by atoms with van der Waals surface area (Å²) in [6.07, 6.45) is 3.04. The molecule has 2 fully saturated rings. The molecule has 3 atom stereocenters. The highest BCUT2D eigenvalue weighted by molar-refractivity contribution is 5.93. The molecule has 2 heterocycles. The number of amides is 2. The van der Waals surface area contributed by atoms with Gasteiger partial charge in [0.25, 0.3) is 0 Å². The van der Waals surface area contributed by atoms with Gasteiger partial charge in [0.05, 0.1) is 43.4 Å². The predicted octanol–water partition coefficient (Wildman–Crippen LogP) is 6.51. The van der Waals surface area contributed by atoms with Gasteiger partial charge in [0.1, 0.15) is 0 Å². The molecule has 4 aromatic rings. The number of ether oxygens (including phenoxy) is 3. The van der Waals surface area contributed by atoms with Crippen molar-refractivity contribution in [1.29, 1.82) is 0 Å². The Kier molecular flexibility index (Phi) is 13.4. The van der Waals surface area contributed by atoms with Crippen LogP contribution in [0.2, 0.25) is 0 Å². The van der Waals surface area contributed by atoms with E-state index in [4.69, 9.17) is 19.9 Å². The summed E-state index contributed by atoms with van der Waals surface area (Å²) in [5.41, 5.74) is 13.0. The SMILES string of the molecule is Nc1ccccc1NC(=O)CCCCCC(=O)NCc1cccc(-c2cccc([C@H]3O[C@@H](CN4CCOCC4)C[C@@H](c4ccc(CO)cc4)O3)c2)c1. The molecule has 274 valence electrons. The quantitative estimate of drug-likeness (QED) is 0.0812. The lowest BCUT2D eigenvalue weighted by Gasteiger charge is -2.39. The van der Waals surface area contributed by atoms with Gasteiger partial charge < -0.3 is 35.7 Å². The van der Waals surface area contributed by atoms with Crippen LogP contribution in [0.1, 0.15) is 73.2 Å². The van der Waals surface area contributed by atoms with Crippen LogP contribution < -0.4 is 16.4 Å². The molecule has 10 nitrogen and oxygen atoms in total. The summed E-state index contributed by atoms with van der Waals surface area (Å²) >= 11 is 0. The van der Waals surface area contributed by atoms with E-state index in [1.54, 1.807) is 12.1 Å². The summed E-state index contributed by atoms with van der Waals surface area (Å²) < 4.78 is 18.8. The number of nitrogens with two attached hydrogens (primary N) is 1. The van der Waals surface area contributed by atoms with Crippen LogP contribution >= 0.6 is 0 Å². The van der Waals surface area contributed by atoms with Crippen molar-refractivity contribution in [2.24, 2.45) is 0 Å². The normalized spacial score (nSPS) is 19.2. The van der Waals surface area contributed by atoms with E-state index in [2.05, 4.69) is 39.8 Å². The Hall–Kier alpha value is -4.58. The standard InChI is InChI=1S/C42H50N4O6/c43-37-12-4-5-13-38(37)45-41(49)15-3-1-2-14-40(48)44-27-31-8-6-9-33(24-31)34-10-7-11-35(25-34)42-51-36(28-46-20-22-50-23-21-46)26-39(52-42)32-18-16-30(29-47)17-19-32/h4-13,16-19,24-25,36,39,42,47H,1-3,14-15,20-23,26-29,43H2,(H,44,48)(H,45,49)/t36-,39+,42+/m1/s1. The van der Waals surface area contributed by atoms with Crippen LogP contribution in [0.4, 0.5) is 11.4 Å². The second-order valence-corrected chi connectivity index (χ2v) is 13.6. The molecule has 4 aromatic carbocycles. The average Bonchev–Trinajstić information content (AvgIpc) is 3.18. The molecular formula is C42H50N4O6. The third-order valence-corrected chi connectivity index (χ3v) is 9.63. The van der Waals surface area contributed by atoms with E-state index in [1.807, 2.05) is 60.7 Å². The van der Waals surface area contributed by atoms with Crippen molar-refractivity contribution in [3.63, 3.8) is 0 Å². The van der Waals surface area contributed by atoms with Crippen LogP contribution in [0, 0.1) is 0 Å². The van der Waals surface area contributed by atoms with Gasteiger partial charge in [-0.1, -0.05) is 79.2 Å². The topological polar surface area (TPSA) is 135 Å². The number of para-hydroxylation sites is 2. The van der Waals surface area contributed by atoms with E-state index in [9.17, 15) is 14.7 Å². The highest BCUT2D eigenvalue weighted by Gasteiger charge is 2.33. The highest BCUT2D eigenvalue weighted by atomic mass is 16.7. The zero-order valence-electron chi connectivity index (χ0n) is 29.7. The number of carbonyl (C=O) groups excluding carboxylic acids is 2. The molecule has 5 N–H and O–H groups in total. The summed E-state index contributed by atoms with van der Waals surface area (Å²) in [6, 6.07) is 31.7. The molecule has 52 heavy (non-hydrogen) atoms. The van der Waals surface area contributed by atoms with E-state index in [0.29, 0.717) is 43.6 Å². The molecule has 0 saturated carbocycles. The number of unbranched alkanes of at least 4 members (excludes halogenated alkanes) is 2. The van der Waals surface area contributed by atoms with Gasteiger partial charge in [0, 0.05) is 51.0 Å². The molecule has 2 saturated heterocycles. The molecule has 2 aliphatic heterocycles. The number of hydrogen-bond acceptors (Lipinski definition) is 8. The second kappa shape index (κ2) is 18.8. The number of carbonyl (C=O) groups is 2. The fourth-order valence-corrected chi connectivity index (χ4v) is 6.69. The fraction of sp³-hybridized carbons (Fsp3) is 0.381. The summed E-state index contributed by atoms with van der Waals surface area (Å²) in [6.45, 7) is 4.49. The van der Waals surface area contributed by atoms with Crippen molar-refractivity contribution >= 4 is 23.2 Å². The Bertz CT molecular complexity index is 1760. The van der Waals surface area contributed by atoms with E-state index in [-0.39, 0.29) is 30.6 Å². The molecule has 2 aliphatic rings. The Labute approximate surface area is 306 Å². The second-order valence-electron chi connectivity index (χ2n) is 13.6. The van der Waals surface area contributed by atoms with E-state index < -0.39 is 6.29 Å². The lowest BCUT2D eigenvalue weighted by atomic mass is 9.98. The number of rotatable bonds is 15.